The molecule has 0 spiro atoms. The lowest BCUT2D eigenvalue weighted by atomic mass is 9.73. The molecule has 0 amide bonds. The van der Waals surface area contributed by atoms with Gasteiger partial charge in [0.1, 0.15) is 0 Å². The normalized spacial score (nSPS) is 18.4. The number of unbranched alkanes of at least 4 members (excludes halogenated alkanes) is 1. The maximum atomic E-state index is 11.8. The Balaban J connectivity index is 2.04. The van der Waals surface area contributed by atoms with Gasteiger partial charge >= 0.3 is 5.97 Å². The van der Waals surface area contributed by atoms with Crippen LogP contribution in [-0.4, -0.2) is 35.6 Å². The molecule has 4 heteroatoms. The number of piperidine rings is 1. The van der Waals surface area contributed by atoms with Crippen molar-refractivity contribution in [2.24, 2.45) is 0 Å². The van der Waals surface area contributed by atoms with Crippen molar-refractivity contribution in [3.8, 4) is 6.07 Å². The molecule has 1 fully saturated rings. The summed E-state index contributed by atoms with van der Waals surface area (Å²) in [7, 11) is 0. The van der Waals surface area contributed by atoms with Gasteiger partial charge in [0.25, 0.3) is 0 Å². The Bertz CT molecular complexity index is 485. The zero-order chi connectivity index (χ0) is 14.4. The molecule has 1 aromatic rings. The third kappa shape index (κ3) is 3.00. The van der Waals surface area contributed by atoms with E-state index >= 15 is 0 Å². The summed E-state index contributed by atoms with van der Waals surface area (Å²) in [6.45, 7) is 2.46. The first-order chi connectivity index (χ1) is 9.69. The molecule has 0 saturated carbocycles. The molecule has 0 unspecified atom stereocenters. The molecule has 106 valence electrons. The molecule has 20 heavy (non-hydrogen) atoms. The number of hydrogen-bond donors (Lipinski definition) is 1. The quantitative estimate of drug-likeness (QED) is 0.836. The summed E-state index contributed by atoms with van der Waals surface area (Å²) in [4.78, 5) is 14.0. The van der Waals surface area contributed by atoms with Gasteiger partial charge in [-0.2, -0.15) is 5.26 Å². The van der Waals surface area contributed by atoms with Crippen LogP contribution in [-0.2, 0) is 10.2 Å². The van der Waals surface area contributed by atoms with Crippen LogP contribution in [0.1, 0.15) is 31.2 Å². The molecule has 0 bridgehead atoms. The van der Waals surface area contributed by atoms with Gasteiger partial charge in [0.15, 0.2) is 0 Å². The standard InChI is InChI=1S/C16H20N2O2/c17-10-4-5-11-18-12-8-16(9-13-18,15(19)20)14-6-2-1-3-7-14/h1-3,6-7H,4-5,8-9,11-13H2,(H,19,20). The van der Waals surface area contributed by atoms with E-state index in [0.29, 0.717) is 19.3 Å². The first-order valence-corrected chi connectivity index (χ1v) is 7.07. The number of carboxylic acids is 1. The molecule has 1 aliphatic heterocycles. The second-order valence-corrected chi connectivity index (χ2v) is 5.36. The van der Waals surface area contributed by atoms with Crippen molar-refractivity contribution in [2.75, 3.05) is 19.6 Å². The van der Waals surface area contributed by atoms with Crippen molar-refractivity contribution in [3.05, 3.63) is 35.9 Å². The van der Waals surface area contributed by atoms with E-state index < -0.39 is 11.4 Å². The van der Waals surface area contributed by atoms with Crippen molar-refractivity contribution < 1.29 is 9.90 Å². The number of nitriles is 1. The second-order valence-electron chi connectivity index (χ2n) is 5.36. The van der Waals surface area contributed by atoms with E-state index in [0.717, 1.165) is 31.6 Å². The van der Waals surface area contributed by atoms with E-state index in [-0.39, 0.29) is 0 Å². The van der Waals surface area contributed by atoms with Crippen molar-refractivity contribution in [1.82, 2.24) is 4.90 Å². The van der Waals surface area contributed by atoms with Gasteiger partial charge in [0.2, 0.25) is 0 Å². The van der Waals surface area contributed by atoms with E-state index in [1.807, 2.05) is 30.3 Å². The van der Waals surface area contributed by atoms with E-state index in [2.05, 4.69) is 11.0 Å². The molecule has 1 heterocycles. The Hall–Kier alpha value is -1.86. The summed E-state index contributed by atoms with van der Waals surface area (Å²) in [6, 6.07) is 11.7. The number of aliphatic carboxylic acids is 1. The number of carboxylic acid groups (broad SMARTS) is 1. The maximum Gasteiger partial charge on any atom is 0.314 e. The minimum Gasteiger partial charge on any atom is -0.481 e. The van der Waals surface area contributed by atoms with Crippen molar-refractivity contribution in [2.45, 2.75) is 31.1 Å². The van der Waals surface area contributed by atoms with E-state index in [9.17, 15) is 9.90 Å². The topological polar surface area (TPSA) is 64.3 Å². The summed E-state index contributed by atoms with van der Waals surface area (Å²) in [5.74, 6) is -0.722. The molecular weight excluding hydrogens is 252 g/mol. The number of carbonyl (C=O) groups is 1. The Morgan fingerprint density at radius 2 is 1.95 bits per heavy atom. The second kappa shape index (κ2) is 6.53. The van der Waals surface area contributed by atoms with Gasteiger partial charge in [-0.25, -0.2) is 0 Å². The van der Waals surface area contributed by atoms with Crippen LogP contribution in [0.5, 0.6) is 0 Å². The Morgan fingerprint density at radius 1 is 1.30 bits per heavy atom. The Morgan fingerprint density at radius 3 is 2.50 bits per heavy atom. The summed E-state index contributed by atoms with van der Waals surface area (Å²) in [6.07, 6.45) is 2.71. The lowest BCUT2D eigenvalue weighted by Crippen LogP contribution is -2.47. The predicted octanol–water partition coefficient (Wildman–Crippen LogP) is 2.41. The first-order valence-electron chi connectivity index (χ1n) is 7.07. The SMILES string of the molecule is N#CCCCN1CCC(C(=O)O)(c2ccccc2)CC1. The highest BCUT2D eigenvalue weighted by Crippen LogP contribution is 2.35. The zero-order valence-corrected chi connectivity index (χ0v) is 11.6. The van der Waals surface area contributed by atoms with Gasteiger partial charge in [-0.15, -0.1) is 0 Å². The highest BCUT2D eigenvalue weighted by molar-refractivity contribution is 5.81. The molecule has 0 atom stereocenters. The average Bonchev–Trinajstić information content (AvgIpc) is 2.49. The maximum absolute atomic E-state index is 11.8. The van der Waals surface area contributed by atoms with Crippen molar-refractivity contribution in [3.63, 3.8) is 0 Å². The lowest BCUT2D eigenvalue weighted by Gasteiger charge is -2.39. The number of benzene rings is 1. The molecule has 1 aliphatic rings. The van der Waals surface area contributed by atoms with E-state index in [4.69, 9.17) is 5.26 Å². The number of nitrogens with zero attached hydrogens (tertiary/aromatic N) is 2. The van der Waals surface area contributed by atoms with Gasteiger partial charge in [-0.3, -0.25) is 4.79 Å². The summed E-state index contributed by atoms with van der Waals surface area (Å²) >= 11 is 0. The largest absolute Gasteiger partial charge is 0.481 e. The van der Waals surface area contributed by atoms with Crippen LogP contribution in [0.2, 0.25) is 0 Å². The predicted molar refractivity (Wildman–Crippen MR) is 76.3 cm³/mol. The molecule has 1 aromatic carbocycles. The van der Waals surface area contributed by atoms with Gasteiger partial charge in [-0.1, -0.05) is 30.3 Å². The van der Waals surface area contributed by atoms with Crippen LogP contribution >= 0.6 is 0 Å². The molecule has 4 nitrogen and oxygen atoms in total. The zero-order valence-electron chi connectivity index (χ0n) is 11.6. The monoisotopic (exact) mass is 272 g/mol. The van der Waals surface area contributed by atoms with Gasteiger partial charge in [0.05, 0.1) is 11.5 Å². The highest BCUT2D eigenvalue weighted by Gasteiger charge is 2.42. The van der Waals surface area contributed by atoms with Crippen molar-refractivity contribution >= 4 is 5.97 Å². The van der Waals surface area contributed by atoms with Crippen LogP contribution in [0, 0.1) is 11.3 Å². The molecule has 0 aromatic heterocycles. The summed E-state index contributed by atoms with van der Waals surface area (Å²) in [5.41, 5.74) is 0.164. The van der Waals surface area contributed by atoms with Crippen LogP contribution in [0.15, 0.2) is 30.3 Å². The van der Waals surface area contributed by atoms with Crippen molar-refractivity contribution in [1.29, 1.82) is 5.26 Å². The molecular formula is C16H20N2O2. The number of hydrogen-bond acceptors (Lipinski definition) is 3. The van der Waals surface area contributed by atoms with Crippen LogP contribution in [0.3, 0.4) is 0 Å². The lowest BCUT2D eigenvalue weighted by molar-refractivity contribution is -0.146. The molecule has 0 aliphatic carbocycles. The smallest absolute Gasteiger partial charge is 0.314 e. The molecule has 0 radical (unpaired) electrons. The minimum absolute atomic E-state index is 0.569. The van der Waals surface area contributed by atoms with Gasteiger partial charge in [0, 0.05) is 6.42 Å². The fourth-order valence-corrected chi connectivity index (χ4v) is 2.92. The number of rotatable bonds is 5. The van der Waals surface area contributed by atoms with Gasteiger partial charge < -0.3 is 10.0 Å². The molecule has 1 N–H and O–H groups in total. The van der Waals surface area contributed by atoms with Crippen LogP contribution in [0.25, 0.3) is 0 Å². The summed E-state index contributed by atoms with van der Waals surface area (Å²) in [5, 5.41) is 18.2. The van der Waals surface area contributed by atoms with Crippen LogP contribution in [0.4, 0.5) is 0 Å². The Kier molecular flexibility index (Phi) is 4.75. The third-order valence-corrected chi connectivity index (χ3v) is 4.21. The molecule has 2 rings (SSSR count). The Labute approximate surface area is 119 Å². The highest BCUT2D eigenvalue weighted by atomic mass is 16.4. The fourth-order valence-electron chi connectivity index (χ4n) is 2.92. The van der Waals surface area contributed by atoms with E-state index in [1.165, 1.54) is 0 Å². The summed E-state index contributed by atoms with van der Waals surface area (Å²) < 4.78 is 0. The average molecular weight is 272 g/mol. The fraction of sp³-hybridized carbons (Fsp3) is 0.500. The third-order valence-electron chi connectivity index (χ3n) is 4.21. The molecule has 1 saturated heterocycles. The first kappa shape index (κ1) is 14.5. The van der Waals surface area contributed by atoms with Gasteiger partial charge in [-0.05, 0) is 44.5 Å². The van der Waals surface area contributed by atoms with Crippen LogP contribution < -0.4 is 0 Å². The van der Waals surface area contributed by atoms with E-state index in [1.54, 1.807) is 0 Å². The number of likely N-dealkylation sites (tertiary alicyclic amines) is 1. The minimum atomic E-state index is -0.743.